The minimum Gasteiger partial charge on any atom is -0.381 e. The van der Waals surface area contributed by atoms with E-state index in [-0.39, 0.29) is 0 Å². The maximum Gasteiger partial charge on any atom is 0.104 e. The summed E-state index contributed by atoms with van der Waals surface area (Å²) in [6.45, 7) is 10.1. The smallest absolute Gasteiger partial charge is 0.104 e. The molecule has 0 saturated heterocycles. The van der Waals surface area contributed by atoms with Gasteiger partial charge < -0.3 is 4.74 Å². The first kappa shape index (κ1) is 20.4. The van der Waals surface area contributed by atoms with Crippen molar-refractivity contribution in [3.05, 3.63) is 0 Å². The van der Waals surface area contributed by atoms with Gasteiger partial charge in [0.05, 0.1) is 6.07 Å². The lowest BCUT2D eigenvalue weighted by atomic mass is 9.96. The van der Waals surface area contributed by atoms with Gasteiger partial charge in [-0.3, -0.25) is 5.32 Å². The van der Waals surface area contributed by atoms with Crippen LogP contribution in [0.3, 0.4) is 0 Å². The Labute approximate surface area is 132 Å². The van der Waals surface area contributed by atoms with E-state index in [2.05, 4.69) is 32.2 Å². The van der Waals surface area contributed by atoms with Gasteiger partial charge in [-0.05, 0) is 46.5 Å². The first-order chi connectivity index (χ1) is 10.0. The standard InChI is InChI=1S/C18H36N2O/c1-5-6-7-8-9-11-14-21-15-12-10-13-18(4,16-19)20-17(2)3/h17,20H,5-15H2,1-4H3. The van der Waals surface area contributed by atoms with E-state index in [9.17, 15) is 5.26 Å². The summed E-state index contributed by atoms with van der Waals surface area (Å²) < 4.78 is 5.67. The molecule has 0 aliphatic rings. The number of nitrogens with zero attached hydrogens (tertiary/aromatic N) is 1. The Morgan fingerprint density at radius 2 is 1.57 bits per heavy atom. The van der Waals surface area contributed by atoms with Gasteiger partial charge in [-0.1, -0.05) is 39.0 Å². The zero-order valence-corrected chi connectivity index (χ0v) is 14.7. The largest absolute Gasteiger partial charge is 0.381 e. The number of rotatable bonds is 14. The van der Waals surface area contributed by atoms with Crippen molar-refractivity contribution in [2.45, 2.75) is 97.1 Å². The second-order valence-electron chi connectivity index (χ2n) is 6.58. The molecule has 0 bridgehead atoms. The molecule has 1 N–H and O–H groups in total. The second kappa shape index (κ2) is 13.1. The van der Waals surface area contributed by atoms with Gasteiger partial charge in [-0.25, -0.2) is 0 Å². The predicted octanol–water partition coefficient (Wildman–Crippen LogP) is 4.81. The fourth-order valence-corrected chi connectivity index (χ4v) is 2.57. The number of hydrogen-bond acceptors (Lipinski definition) is 3. The highest BCUT2D eigenvalue weighted by atomic mass is 16.5. The van der Waals surface area contributed by atoms with Crippen LogP contribution in [0.25, 0.3) is 0 Å². The molecule has 3 nitrogen and oxygen atoms in total. The van der Waals surface area contributed by atoms with Gasteiger partial charge in [-0.2, -0.15) is 5.26 Å². The number of hydrogen-bond donors (Lipinski definition) is 1. The van der Waals surface area contributed by atoms with E-state index in [0.29, 0.717) is 6.04 Å². The molecule has 3 heteroatoms. The van der Waals surface area contributed by atoms with Crippen molar-refractivity contribution in [3.8, 4) is 6.07 Å². The van der Waals surface area contributed by atoms with E-state index in [0.717, 1.165) is 32.5 Å². The Hall–Kier alpha value is -0.590. The molecule has 21 heavy (non-hydrogen) atoms. The van der Waals surface area contributed by atoms with Crippen LogP contribution in [0.2, 0.25) is 0 Å². The summed E-state index contributed by atoms with van der Waals surface area (Å²) in [5.74, 6) is 0. The van der Waals surface area contributed by atoms with E-state index in [1.807, 2.05) is 6.92 Å². The van der Waals surface area contributed by atoms with Crippen LogP contribution in [0.4, 0.5) is 0 Å². The minimum absolute atomic E-state index is 0.346. The fraction of sp³-hybridized carbons (Fsp3) is 0.944. The highest BCUT2D eigenvalue weighted by Crippen LogP contribution is 2.14. The summed E-state index contributed by atoms with van der Waals surface area (Å²) >= 11 is 0. The Morgan fingerprint density at radius 3 is 2.14 bits per heavy atom. The molecule has 124 valence electrons. The summed E-state index contributed by atoms with van der Waals surface area (Å²) in [7, 11) is 0. The lowest BCUT2D eigenvalue weighted by molar-refractivity contribution is 0.124. The first-order valence-electron chi connectivity index (χ1n) is 8.80. The quantitative estimate of drug-likeness (QED) is 0.468. The van der Waals surface area contributed by atoms with Crippen LogP contribution < -0.4 is 5.32 Å². The number of ether oxygens (including phenoxy) is 1. The van der Waals surface area contributed by atoms with Crippen LogP contribution in [0, 0.1) is 11.3 Å². The normalized spacial score (nSPS) is 14.1. The molecule has 0 aliphatic heterocycles. The lowest BCUT2D eigenvalue weighted by Gasteiger charge is -2.25. The van der Waals surface area contributed by atoms with E-state index in [4.69, 9.17) is 4.74 Å². The van der Waals surface area contributed by atoms with Crippen LogP contribution in [0.15, 0.2) is 0 Å². The molecular weight excluding hydrogens is 260 g/mol. The van der Waals surface area contributed by atoms with Crippen molar-refractivity contribution < 1.29 is 4.74 Å². The van der Waals surface area contributed by atoms with Crippen molar-refractivity contribution in [3.63, 3.8) is 0 Å². The monoisotopic (exact) mass is 296 g/mol. The van der Waals surface area contributed by atoms with Gasteiger partial charge in [0.15, 0.2) is 0 Å². The maximum absolute atomic E-state index is 9.25. The van der Waals surface area contributed by atoms with E-state index < -0.39 is 5.54 Å². The van der Waals surface area contributed by atoms with E-state index in [1.54, 1.807) is 0 Å². The average Bonchev–Trinajstić information content (AvgIpc) is 2.44. The molecular formula is C18H36N2O. The third-order valence-electron chi connectivity index (χ3n) is 3.71. The number of unbranched alkanes of at least 4 members (excludes halogenated alkanes) is 6. The van der Waals surface area contributed by atoms with Crippen molar-refractivity contribution in [1.82, 2.24) is 5.32 Å². The highest BCUT2D eigenvalue weighted by molar-refractivity contribution is 5.04. The van der Waals surface area contributed by atoms with Crippen molar-refractivity contribution in [2.24, 2.45) is 0 Å². The van der Waals surface area contributed by atoms with Crippen LogP contribution >= 0.6 is 0 Å². The predicted molar refractivity (Wildman–Crippen MR) is 90.3 cm³/mol. The fourth-order valence-electron chi connectivity index (χ4n) is 2.57. The van der Waals surface area contributed by atoms with Crippen LogP contribution in [-0.4, -0.2) is 24.8 Å². The molecule has 0 spiro atoms. The third kappa shape index (κ3) is 12.8. The molecule has 0 amide bonds. The van der Waals surface area contributed by atoms with Gasteiger partial charge in [-0.15, -0.1) is 0 Å². The number of nitriles is 1. The van der Waals surface area contributed by atoms with Gasteiger partial charge in [0, 0.05) is 19.3 Å². The molecule has 0 aromatic carbocycles. The zero-order valence-electron chi connectivity index (χ0n) is 14.7. The van der Waals surface area contributed by atoms with E-state index in [1.165, 1.54) is 38.5 Å². The average molecular weight is 296 g/mol. The molecule has 0 rings (SSSR count). The van der Waals surface area contributed by atoms with Crippen molar-refractivity contribution in [1.29, 1.82) is 5.26 Å². The topological polar surface area (TPSA) is 45.0 Å². The molecule has 0 radical (unpaired) electrons. The Kier molecular flexibility index (Phi) is 12.7. The van der Waals surface area contributed by atoms with Crippen molar-refractivity contribution in [2.75, 3.05) is 13.2 Å². The van der Waals surface area contributed by atoms with Crippen molar-refractivity contribution >= 4 is 0 Å². The van der Waals surface area contributed by atoms with Crippen LogP contribution in [-0.2, 0) is 4.74 Å². The third-order valence-corrected chi connectivity index (χ3v) is 3.71. The molecule has 0 saturated carbocycles. The lowest BCUT2D eigenvalue weighted by Crippen LogP contribution is -2.44. The molecule has 1 atom stereocenters. The first-order valence-corrected chi connectivity index (χ1v) is 8.80. The summed E-state index contributed by atoms with van der Waals surface area (Å²) in [6.07, 6.45) is 10.9. The van der Waals surface area contributed by atoms with Gasteiger partial charge in [0.25, 0.3) is 0 Å². The molecule has 0 heterocycles. The molecule has 1 unspecified atom stereocenters. The van der Waals surface area contributed by atoms with Gasteiger partial charge >= 0.3 is 0 Å². The van der Waals surface area contributed by atoms with E-state index >= 15 is 0 Å². The van der Waals surface area contributed by atoms with Crippen LogP contribution in [0.1, 0.15) is 85.5 Å². The Morgan fingerprint density at radius 1 is 1.00 bits per heavy atom. The Bertz CT molecular complexity index is 273. The minimum atomic E-state index is -0.395. The molecule has 0 aromatic heterocycles. The zero-order chi connectivity index (χ0) is 16.0. The maximum atomic E-state index is 9.25. The summed E-state index contributed by atoms with van der Waals surface area (Å²) in [5.41, 5.74) is -0.395. The molecule has 0 aromatic rings. The molecule has 0 fully saturated rings. The highest BCUT2D eigenvalue weighted by Gasteiger charge is 2.23. The summed E-state index contributed by atoms with van der Waals surface area (Å²) in [4.78, 5) is 0. The van der Waals surface area contributed by atoms with Gasteiger partial charge in [0.1, 0.15) is 5.54 Å². The van der Waals surface area contributed by atoms with Crippen LogP contribution in [0.5, 0.6) is 0 Å². The Balaban J connectivity index is 3.41. The van der Waals surface area contributed by atoms with Gasteiger partial charge in [0.2, 0.25) is 0 Å². The second-order valence-corrected chi connectivity index (χ2v) is 6.58. The SMILES string of the molecule is CCCCCCCCOCCCCC(C)(C#N)NC(C)C. The summed E-state index contributed by atoms with van der Waals surface area (Å²) in [5, 5.41) is 12.6. The number of nitrogens with one attached hydrogen (secondary N) is 1. The molecule has 0 aliphatic carbocycles. The summed E-state index contributed by atoms with van der Waals surface area (Å²) in [6, 6.07) is 2.74.